The smallest absolute Gasteiger partial charge is 0.221 e. The first-order valence-electron chi connectivity index (χ1n) is 4.96. The van der Waals surface area contributed by atoms with Gasteiger partial charge in [-0.2, -0.15) is 0 Å². The molecule has 1 aliphatic rings. The minimum atomic E-state index is -0.361. The minimum absolute atomic E-state index is 0.0625. The Labute approximate surface area is 93.9 Å². The molecule has 1 fully saturated rings. The van der Waals surface area contributed by atoms with Crippen molar-refractivity contribution in [3.8, 4) is 0 Å². The fourth-order valence-corrected chi connectivity index (χ4v) is 2.64. The quantitative estimate of drug-likeness (QED) is 0.688. The Morgan fingerprint density at radius 3 is 1.86 bits per heavy atom. The predicted molar refractivity (Wildman–Crippen MR) is 56.4 cm³/mol. The molecule has 0 bridgehead atoms. The molecule has 0 radical (unpaired) electrons. The van der Waals surface area contributed by atoms with Crippen LogP contribution in [-0.4, -0.2) is 10.5 Å². The topological polar surface area (TPSA) is 34.1 Å². The van der Waals surface area contributed by atoms with Gasteiger partial charge in [0.25, 0.3) is 0 Å². The van der Waals surface area contributed by atoms with Gasteiger partial charge in [-0.05, 0) is 35.0 Å². The van der Waals surface area contributed by atoms with Gasteiger partial charge in [-0.3, -0.25) is 9.59 Å². The second-order valence-electron chi connectivity index (χ2n) is 3.92. The molecule has 0 aromatic heterocycles. The van der Waals surface area contributed by atoms with E-state index >= 15 is 0 Å². The highest BCUT2D eigenvalue weighted by molar-refractivity contribution is 6.64. The fraction of sp³-hybridized carbons (Fsp3) is 0.800. The van der Waals surface area contributed by atoms with Crippen molar-refractivity contribution < 1.29 is 9.59 Å². The van der Waals surface area contributed by atoms with Gasteiger partial charge in [0.1, 0.15) is 0 Å². The zero-order chi connectivity index (χ0) is 10.6. The summed E-state index contributed by atoms with van der Waals surface area (Å²) >= 11 is 10.7. The molecule has 0 atom stereocenters. The van der Waals surface area contributed by atoms with Crippen molar-refractivity contribution in [2.45, 2.75) is 38.5 Å². The summed E-state index contributed by atoms with van der Waals surface area (Å²) < 4.78 is 0. The molecule has 0 aromatic rings. The van der Waals surface area contributed by atoms with E-state index in [0.717, 1.165) is 12.8 Å². The van der Waals surface area contributed by atoms with Crippen LogP contribution in [0.15, 0.2) is 0 Å². The minimum Gasteiger partial charge on any atom is -0.281 e. The van der Waals surface area contributed by atoms with Crippen molar-refractivity contribution in [3.63, 3.8) is 0 Å². The highest BCUT2D eigenvalue weighted by Crippen LogP contribution is 2.35. The van der Waals surface area contributed by atoms with E-state index in [1.807, 2.05) is 0 Å². The van der Waals surface area contributed by atoms with Crippen molar-refractivity contribution in [1.82, 2.24) is 0 Å². The summed E-state index contributed by atoms with van der Waals surface area (Å²) in [5.41, 5.74) is 0. The van der Waals surface area contributed by atoms with Crippen LogP contribution in [0.3, 0.4) is 0 Å². The second-order valence-corrected chi connectivity index (χ2v) is 4.77. The van der Waals surface area contributed by atoms with Gasteiger partial charge >= 0.3 is 0 Å². The van der Waals surface area contributed by atoms with Crippen LogP contribution in [0.1, 0.15) is 38.5 Å². The fourth-order valence-electron chi connectivity index (χ4n) is 2.25. The summed E-state index contributed by atoms with van der Waals surface area (Å²) in [7, 11) is 0. The summed E-state index contributed by atoms with van der Waals surface area (Å²) in [5.74, 6) is 0.521. The molecule has 2 nitrogen and oxygen atoms in total. The van der Waals surface area contributed by atoms with E-state index in [0.29, 0.717) is 5.92 Å². The Hall–Kier alpha value is -0.0800. The van der Waals surface area contributed by atoms with Crippen LogP contribution in [0.5, 0.6) is 0 Å². The molecule has 1 rings (SSSR count). The molecule has 0 amide bonds. The Morgan fingerprint density at radius 2 is 1.50 bits per heavy atom. The largest absolute Gasteiger partial charge is 0.281 e. The molecule has 0 aromatic carbocycles. The first-order chi connectivity index (χ1) is 6.59. The molecular formula is C10H14Cl2O2. The average molecular weight is 237 g/mol. The van der Waals surface area contributed by atoms with E-state index in [4.69, 9.17) is 23.2 Å². The molecule has 0 unspecified atom stereocenters. The number of hydrogen-bond donors (Lipinski definition) is 0. The predicted octanol–water partition coefficient (Wildman–Crippen LogP) is 3.10. The number of carbonyl (C=O) groups excluding carboxylic acids is 2. The maximum Gasteiger partial charge on any atom is 0.221 e. The van der Waals surface area contributed by atoms with Crippen LogP contribution in [0.2, 0.25) is 0 Å². The average Bonchev–Trinajstić information content (AvgIpc) is 2.52. The van der Waals surface area contributed by atoms with Gasteiger partial charge in [0.15, 0.2) is 0 Å². The Kier molecular flexibility index (Phi) is 4.90. The number of halogens is 2. The highest BCUT2D eigenvalue weighted by Gasteiger charge is 2.27. The molecular weight excluding hydrogens is 223 g/mol. The third-order valence-electron chi connectivity index (χ3n) is 2.91. The monoisotopic (exact) mass is 236 g/mol. The molecule has 0 aliphatic heterocycles. The van der Waals surface area contributed by atoms with Gasteiger partial charge in [-0.1, -0.05) is 25.7 Å². The van der Waals surface area contributed by atoms with Crippen molar-refractivity contribution >= 4 is 33.7 Å². The first-order valence-corrected chi connectivity index (χ1v) is 5.72. The van der Waals surface area contributed by atoms with Gasteiger partial charge in [-0.25, -0.2) is 0 Å². The van der Waals surface area contributed by atoms with Gasteiger partial charge in [-0.15, -0.1) is 0 Å². The van der Waals surface area contributed by atoms with E-state index in [1.54, 1.807) is 0 Å². The lowest BCUT2D eigenvalue weighted by molar-refractivity contribution is -0.114. The van der Waals surface area contributed by atoms with Crippen LogP contribution in [0, 0.1) is 11.8 Å². The zero-order valence-corrected chi connectivity index (χ0v) is 9.48. The molecule has 0 saturated heterocycles. The summed E-state index contributed by atoms with van der Waals surface area (Å²) in [5, 5.41) is -0.723. The van der Waals surface area contributed by atoms with Gasteiger partial charge < -0.3 is 0 Å². The molecule has 4 heteroatoms. The van der Waals surface area contributed by atoms with E-state index in [1.165, 1.54) is 12.8 Å². The second kappa shape index (κ2) is 5.72. The highest BCUT2D eigenvalue weighted by atomic mass is 35.5. The van der Waals surface area contributed by atoms with E-state index in [-0.39, 0.29) is 29.2 Å². The van der Waals surface area contributed by atoms with Gasteiger partial charge in [0.05, 0.1) is 0 Å². The normalized spacial score (nSPS) is 17.6. The van der Waals surface area contributed by atoms with E-state index < -0.39 is 0 Å². The number of rotatable bonds is 5. The Morgan fingerprint density at radius 1 is 1.07 bits per heavy atom. The zero-order valence-electron chi connectivity index (χ0n) is 7.97. The van der Waals surface area contributed by atoms with Gasteiger partial charge in [0.2, 0.25) is 10.5 Å². The summed E-state index contributed by atoms with van der Waals surface area (Å²) in [4.78, 5) is 21.6. The first kappa shape index (κ1) is 12.0. The summed E-state index contributed by atoms with van der Waals surface area (Å²) in [6.07, 6.45) is 5.13. The SMILES string of the molecule is O=C(Cl)CC(CC(=O)Cl)C1CCCC1. The van der Waals surface area contributed by atoms with E-state index in [9.17, 15) is 9.59 Å². The third kappa shape index (κ3) is 3.97. The van der Waals surface area contributed by atoms with Crippen LogP contribution in [-0.2, 0) is 9.59 Å². The lowest BCUT2D eigenvalue weighted by Gasteiger charge is -2.19. The Bertz CT molecular complexity index is 206. The molecule has 0 heterocycles. The molecule has 0 spiro atoms. The summed E-state index contributed by atoms with van der Waals surface area (Å²) in [6, 6.07) is 0. The molecule has 14 heavy (non-hydrogen) atoms. The Balaban J connectivity index is 2.50. The van der Waals surface area contributed by atoms with Crippen LogP contribution < -0.4 is 0 Å². The van der Waals surface area contributed by atoms with Crippen molar-refractivity contribution in [2.75, 3.05) is 0 Å². The standard InChI is InChI=1S/C10H14Cl2O2/c11-9(13)5-8(6-10(12)14)7-3-1-2-4-7/h7-8H,1-6H2. The molecule has 0 N–H and O–H groups in total. The van der Waals surface area contributed by atoms with Crippen molar-refractivity contribution in [2.24, 2.45) is 11.8 Å². The number of carbonyl (C=O) groups is 2. The third-order valence-corrected chi connectivity index (χ3v) is 3.22. The van der Waals surface area contributed by atoms with Crippen LogP contribution in [0.25, 0.3) is 0 Å². The van der Waals surface area contributed by atoms with Gasteiger partial charge in [0, 0.05) is 12.8 Å². The maximum atomic E-state index is 10.8. The molecule has 80 valence electrons. The van der Waals surface area contributed by atoms with Crippen molar-refractivity contribution in [3.05, 3.63) is 0 Å². The van der Waals surface area contributed by atoms with Crippen LogP contribution >= 0.6 is 23.2 Å². The summed E-state index contributed by atoms with van der Waals surface area (Å²) in [6.45, 7) is 0. The molecule has 1 aliphatic carbocycles. The van der Waals surface area contributed by atoms with Crippen LogP contribution in [0.4, 0.5) is 0 Å². The lowest BCUT2D eigenvalue weighted by Crippen LogP contribution is -2.16. The molecule has 1 saturated carbocycles. The number of hydrogen-bond acceptors (Lipinski definition) is 2. The van der Waals surface area contributed by atoms with Crippen molar-refractivity contribution in [1.29, 1.82) is 0 Å². The van der Waals surface area contributed by atoms with E-state index in [2.05, 4.69) is 0 Å². The maximum absolute atomic E-state index is 10.8. The lowest BCUT2D eigenvalue weighted by atomic mass is 9.86.